The largest absolute Gasteiger partial charge is 0.356 e. The molecule has 0 fully saturated rings. The SMILES string of the molecule is CN=C(NCc1nnc(C)n1C)NCC(C)c1ccc(C)cc1.I. The van der Waals surface area contributed by atoms with Crippen molar-refractivity contribution < 1.29 is 0 Å². The molecule has 1 aromatic heterocycles. The fourth-order valence-corrected chi connectivity index (χ4v) is 2.25. The number of aryl methyl sites for hydroxylation is 2. The predicted molar refractivity (Wildman–Crippen MR) is 109 cm³/mol. The van der Waals surface area contributed by atoms with Crippen LogP contribution in [0.3, 0.4) is 0 Å². The zero-order chi connectivity index (χ0) is 16.8. The highest BCUT2D eigenvalue weighted by Crippen LogP contribution is 2.14. The van der Waals surface area contributed by atoms with Gasteiger partial charge in [-0.3, -0.25) is 4.99 Å². The van der Waals surface area contributed by atoms with E-state index in [0.717, 1.165) is 24.2 Å². The Morgan fingerprint density at radius 1 is 1.17 bits per heavy atom. The Hall–Kier alpha value is -1.64. The van der Waals surface area contributed by atoms with Crippen LogP contribution in [-0.4, -0.2) is 34.3 Å². The maximum absolute atomic E-state index is 4.26. The molecule has 1 heterocycles. The van der Waals surface area contributed by atoms with Gasteiger partial charge in [0.1, 0.15) is 5.82 Å². The lowest BCUT2D eigenvalue weighted by Crippen LogP contribution is -2.39. The Bertz CT molecular complexity index is 662. The van der Waals surface area contributed by atoms with Gasteiger partial charge in [0, 0.05) is 20.6 Å². The van der Waals surface area contributed by atoms with E-state index in [9.17, 15) is 0 Å². The highest BCUT2D eigenvalue weighted by atomic mass is 127. The molecule has 0 amide bonds. The Kier molecular flexibility index (Phi) is 8.17. The summed E-state index contributed by atoms with van der Waals surface area (Å²) in [6, 6.07) is 8.66. The molecule has 24 heavy (non-hydrogen) atoms. The zero-order valence-corrected chi connectivity index (χ0v) is 17.3. The molecule has 2 aromatic rings. The van der Waals surface area contributed by atoms with Gasteiger partial charge < -0.3 is 15.2 Å². The van der Waals surface area contributed by atoms with Crippen LogP contribution in [0.4, 0.5) is 0 Å². The Labute approximate surface area is 161 Å². The Balaban J connectivity index is 0.00000288. The number of rotatable bonds is 5. The second-order valence-corrected chi connectivity index (χ2v) is 5.84. The Morgan fingerprint density at radius 3 is 2.38 bits per heavy atom. The van der Waals surface area contributed by atoms with Crippen LogP contribution in [0.25, 0.3) is 0 Å². The molecule has 1 atom stereocenters. The van der Waals surface area contributed by atoms with Gasteiger partial charge >= 0.3 is 0 Å². The molecule has 0 saturated carbocycles. The molecule has 0 saturated heterocycles. The molecule has 1 unspecified atom stereocenters. The summed E-state index contributed by atoms with van der Waals surface area (Å²) >= 11 is 0. The standard InChI is InChI=1S/C17H26N6.HI/c1-12-6-8-15(9-7-12)13(2)10-19-17(18-4)20-11-16-22-21-14(3)23(16)5;/h6-9,13H,10-11H2,1-5H3,(H2,18,19,20);1H. The van der Waals surface area contributed by atoms with Crippen molar-refractivity contribution in [3.63, 3.8) is 0 Å². The maximum atomic E-state index is 4.26. The van der Waals surface area contributed by atoms with Crippen molar-refractivity contribution in [1.29, 1.82) is 0 Å². The quantitative estimate of drug-likeness (QED) is 0.425. The first-order valence-electron chi connectivity index (χ1n) is 7.87. The van der Waals surface area contributed by atoms with E-state index in [1.165, 1.54) is 11.1 Å². The molecule has 0 aliphatic heterocycles. The van der Waals surface area contributed by atoms with Gasteiger partial charge in [-0.2, -0.15) is 0 Å². The van der Waals surface area contributed by atoms with Crippen molar-refractivity contribution >= 4 is 29.9 Å². The van der Waals surface area contributed by atoms with E-state index in [0.29, 0.717) is 12.5 Å². The molecule has 0 aliphatic rings. The van der Waals surface area contributed by atoms with Crippen molar-refractivity contribution in [3.8, 4) is 0 Å². The van der Waals surface area contributed by atoms with E-state index in [1.54, 1.807) is 7.05 Å². The molecule has 1 aromatic carbocycles. The minimum absolute atomic E-state index is 0. The van der Waals surface area contributed by atoms with Crippen LogP contribution >= 0.6 is 24.0 Å². The minimum Gasteiger partial charge on any atom is -0.356 e. The monoisotopic (exact) mass is 442 g/mol. The number of aliphatic imine (C=N–C) groups is 1. The van der Waals surface area contributed by atoms with E-state index >= 15 is 0 Å². The number of nitrogens with zero attached hydrogens (tertiary/aromatic N) is 4. The molecule has 6 nitrogen and oxygen atoms in total. The van der Waals surface area contributed by atoms with Gasteiger partial charge in [-0.1, -0.05) is 36.8 Å². The molecule has 2 N–H and O–H groups in total. The fraction of sp³-hybridized carbons (Fsp3) is 0.471. The predicted octanol–water partition coefficient (Wildman–Crippen LogP) is 2.52. The molecule has 2 rings (SSSR count). The lowest BCUT2D eigenvalue weighted by atomic mass is 10.0. The Morgan fingerprint density at radius 2 is 1.83 bits per heavy atom. The van der Waals surface area contributed by atoms with E-state index < -0.39 is 0 Å². The van der Waals surface area contributed by atoms with Gasteiger partial charge in [-0.15, -0.1) is 34.2 Å². The van der Waals surface area contributed by atoms with E-state index in [1.807, 2.05) is 18.5 Å². The number of nitrogens with one attached hydrogen (secondary N) is 2. The first-order chi connectivity index (χ1) is 11.0. The highest BCUT2D eigenvalue weighted by molar-refractivity contribution is 14.0. The van der Waals surface area contributed by atoms with E-state index in [4.69, 9.17) is 0 Å². The van der Waals surface area contributed by atoms with Crippen molar-refractivity contribution in [2.75, 3.05) is 13.6 Å². The lowest BCUT2D eigenvalue weighted by molar-refractivity contribution is 0.681. The molecule has 132 valence electrons. The first-order valence-corrected chi connectivity index (χ1v) is 7.87. The van der Waals surface area contributed by atoms with Crippen molar-refractivity contribution in [2.24, 2.45) is 12.0 Å². The number of benzene rings is 1. The molecule has 0 bridgehead atoms. The fourth-order valence-electron chi connectivity index (χ4n) is 2.25. The third-order valence-corrected chi connectivity index (χ3v) is 4.04. The van der Waals surface area contributed by atoms with Crippen LogP contribution in [0.2, 0.25) is 0 Å². The second-order valence-electron chi connectivity index (χ2n) is 5.84. The van der Waals surface area contributed by atoms with Gasteiger partial charge in [0.25, 0.3) is 0 Å². The maximum Gasteiger partial charge on any atom is 0.191 e. The van der Waals surface area contributed by atoms with Gasteiger partial charge in [0.05, 0.1) is 6.54 Å². The molecular weight excluding hydrogens is 415 g/mol. The normalized spacial score (nSPS) is 12.5. The summed E-state index contributed by atoms with van der Waals surface area (Å²) in [5.41, 5.74) is 2.60. The van der Waals surface area contributed by atoms with Gasteiger partial charge in [-0.25, -0.2) is 0 Å². The smallest absolute Gasteiger partial charge is 0.191 e. The van der Waals surface area contributed by atoms with Crippen LogP contribution in [0.1, 0.15) is 35.6 Å². The van der Waals surface area contributed by atoms with Gasteiger partial charge in [-0.05, 0) is 25.3 Å². The molecule has 0 radical (unpaired) electrons. The topological polar surface area (TPSA) is 67.1 Å². The van der Waals surface area contributed by atoms with Crippen molar-refractivity contribution in [3.05, 3.63) is 47.0 Å². The average Bonchev–Trinajstić information content (AvgIpc) is 2.87. The van der Waals surface area contributed by atoms with Crippen molar-refractivity contribution in [2.45, 2.75) is 33.2 Å². The number of hydrogen-bond acceptors (Lipinski definition) is 3. The van der Waals surface area contributed by atoms with Gasteiger partial charge in [0.2, 0.25) is 0 Å². The molecule has 0 aliphatic carbocycles. The lowest BCUT2D eigenvalue weighted by Gasteiger charge is -2.16. The summed E-state index contributed by atoms with van der Waals surface area (Å²) in [7, 11) is 3.73. The van der Waals surface area contributed by atoms with Crippen LogP contribution in [-0.2, 0) is 13.6 Å². The minimum atomic E-state index is 0. The highest BCUT2D eigenvalue weighted by Gasteiger charge is 2.08. The summed E-state index contributed by atoms with van der Waals surface area (Å²) in [6.07, 6.45) is 0. The number of guanidine groups is 1. The first kappa shape index (κ1) is 20.4. The summed E-state index contributed by atoms with van der Waals surface area (Å²) in [4.78, 5) is 4.26. The van der Waals surface area contributed by atoms with E-state index in [2.05, 4.69) is 63.9 Å². The van der Waals surface area contributed by atoms with Crippen LogP contribution < -0.4 is 10.6 Å². The summed E-state index contributed by atoms with van der Waals surface area (Å²) in [5.74, 6) is 2.96. The number of halogens is 1. The number of aromatic nitrogens is 3. The van der Waals surface area contributed by atoms with Gasteiger partial charge in [0.15, 0.2) is 11.8 Å². The summed E-state index contributed by atoms with van der Waals surface area (Å²) in [5, 5.41) is 14.8. The second kappa shape index (κ2) is 9.61. The number of hydrogen-bond donors (Lipinski definition) is 2. The average molecular weight is 442 g/mol. The van der Waals surface area contributed by atoms with Crippen LogP contribution in [0, 0.1) is 13.8 Å². The molecule has 0 spiro atoms. The molecule has 7 heteroatoms. The zero-order valence-electron chi connectivity index (χ0n) is 15.0. The van der Waals surface area contributed by atoms with Crippen molar-refractivity contribution in [1.82, 2.24) is 25.4 Å². The van der Waals surface area contributed by atoms with Crippen LogP contribution in [0.15, 0.2) is 29.3 Å². The third-order valence-electron chi connectivity index (χ3n) is 4.04. The third kappa shape index (κ3) is 5.47. The summed E-state index contributed by atoms with van der Waals surface area (Å²) in [6.45, 7) is 7.66. The van der Waals surface area contributed by atoms with Crippen LogP contribution in [0.5, 0.6) is 0 Å². The summed E-state index contributed by atoms with van der Waals surface area (Å²) < 4.78 is 1.97. The molecular formula is C17H27IN6. The van der Waals surface area contributed by atoms with E-state index in [-0.39, 0.29) is 24.0 Å².